The van der Waals surface area contributed by atoms with Crippen molar-refractivity contribution < 1.29 is 0 Å². The summed E-state index contributed by atoms with van der Waals surface area (Å²) in [6.07, 6.45) is 1.21. The second kappa shape index (κ2) is 5.95. The Morgan fingerprint density at radius 2 is 2.33 bits per heavy atom. The molecule has 0 aliphatic carbocycles. The fourth-order valence-corrected chi connectivity index (χ4v) is 1.16. The molecule has 0 atom stereocenters. The molecule has 0 rings (SSSR count). The Kier molecular flexibility index (Phi) is 5.83. The van der Waals surface area contributed by atoms with Gasteiger partial charge in [0.15, 0.2) is 0 Å². The third-order valence-corrected chi connectivity index (χ3v) is 2.08. The summed E-state index contributed by atoms with van der Waals surface area (Å²) < 4.78 is 0. The van der Waals surface area contributed by atoms with Gasteiger partial charge < -0.3 is 5.73 Å². The fraction of sp³-hybridized carbons (Fsp3) is 0.833. The highest BCUT2D eigenvalue weighted by Gasteiger charge is 1.88. The minimum atomic E-state index is 0.744. The average Bonchev–Trinajstić information content (AvgIpc) is 1.89. The van der Waals surface area contributed by atoms with Gasteiger partial charge in [0.2, 0.25) is 0 Å². The standard InChI is InChI=1S/C6H14N2S/c1-3-4-9-5-6(7)8-2/h3-5H2,1-2H3,(H2,7,8). The highest BCUT2D eigenvalue weighted by Crippen LogP contribution is 1.99. The maximum absolute atomic E-state index is 5.44. The molecule has 0 heterocycles. The smallest absolute Gasteiger partial charge is 0.103 e. The van der Waals surface area contributed by atoms with E-state index in [0.29, 0.717) is 0 Å². The molecule has 0 bridgehead atoms. The van der Waals surface area contributed by atoms with Gasteiger partial charge >= 0.3 is 0 Å². The number of amidine groups is 1. The van der Waals surface area contributed by atoms with Crippen molar-refractivity contribution in [2.75, 3.05) is 18.6 Å². The molecule has 9 heavy (non-hydrogen) atoms. The molecule has 0 aromatic rings. The summed E-state index contributed by atoms with van der Waals surface area (Å²) >= 11 is 1.83. The molecule has 54 valence electrons. The zero-order valence-corrected chi connectivity index (χ0v) is 6.87. The van der Waals surface area contributed by atoms with Crippen molar-refractivity contribution in [1.29, 1.82) is 0 Å². The quantitative estimate of drug-likeness (QED) is 0.366. The number of nitrogens with two attached hydrogens (primary N) is 1. The molecule has 3 heteroatoms. The molecule has 2 nitrogen and oxygen atoms in total. The van der Waals surface area contributed by atoms with Crippen LogP contribution in [0.3, 0.4) is 0 Å². The van der Waals surface area contributed by atoms with E-state index in [1.165, 1.54) is 12.2 Å². The third kappa shape index (κ3) is 5.69. The van der Waals surface area contributed by atoms with E-state index in [4.69, 9.17) is 5.73 Å². The van der Waals surface area contributed by atoms with E-state index in [-0.39, 0.29) is 0 Å². The highest BCUT2D eigenvalue weighted by molar-refractivity contribution is 7.99. The predicted octanol–water partition coefficient (Wildman–Crippen LogP) is 1.12. The van der Waals surface area contributed by atoms with Crippen molar-refractivity contribution in [3.8, 4) is 0 Å². The van der Waals surface area contributed by atoms with E-state index in [1.807, 2.05) is 11.8 Å². The lowest BCUT2D eigenvalue weighted by Crippen LogP contribution is -2.14. The second-order valence-electron chi connectivity index (χ2n) is 1.77. The Morgan fingerprint density at radius 1 is 1.67 bits per heavy atom. The van der Waals surface area contributed by atoms with Gasteiger partial charge in [-0.05, 0) is 12.2 Å². The lowest BCUT2D eigenvalue weighted by molar-refractivity contribution is 1.11. The van der Waals surface area contributed by atoms with E-state index in [2.05, 4.69) is 11.9 Å². The zero-order valence-electron chi connectivity index (χ0n) is 6.05. The second-order valence-corrected chi connectivity index (χ2v) is 2.87. The molecule has 0 aliphatic rings. The van der Waals surface area contributed by atoms with Gasteiger partial charge in [0.25, 0.3) is 0 Å². The van der Waals surface area contributed by atoms with Crippen LogP contribution in [0.25, 0.3) is 0 Å². The van der Waals surface area contributed by atoms with E-state index >= 15 is 0 Å². The number of thioether (sulfide) groups is 1. The molecule has 0 aromatic heterocycles. The van der Waals surface area contributed by atoms with Crippen LogP contribution in [0.5, 0.6) is 0 Å². The van der Waals surface area contributed by atoms with E-state index in [0.717, 1.165) is 11.6 Å². The largest absolute Gasteiger partial charge is 0.387 e. The number of nitrogens with zero attached hydrogens (tertiary/aromatic N) is 1. The number of hydrogen-bond donors (Lipinski definition) is 1. The van der Waals surface area contributed by atoms with Crippen LogP contribution >= 0.6 is 11.8 Å². The molecule has 0 saturated heterocycles. The van der Waals surface area contributed by atoms with Crippen LogP contribution in [-0.4, -0.2) is 24.4 Å². The van der Waals surface area contributed by atoms with Crippen molar-refractivity contribution in [2.45, 2.75) is 13.3 Å². The summed E-state index contributed by atoms with van der Waals surface area (Å²) in [6, 6.07) is 0. The minimum Gasteiger partial charge on any atom is -0.387 e. The van der Waals surface area contributed by atoms with E-state index in [1.54, 1.807) is 7.05 Å². The van der Waals surface area contributed by atoms with Crippen LogP contribution in [0, 0.1) is 0 Å². The first-order chi connectivity index (χ1) is 4.31. The first-order valence-corrected chi connectivity index (χ1v) is 4.25. The fourth-order valence-electron chi connectivity index (χ4n) is 0.386. The third-order valence-electron chi connectivity index (χ3n) is 0.886. The Labute approximate surface area is 60.9 Å². The summed E-state index contributed by atoms with van der Waals surface area (Å²) in [7, 11) is 1.72. The minimum absolute atomic E-state index is 0.744. The van der Waals surface area contributed by atoms with Crippen LogP contribution < -0.4 is 5.73 Å². The number of hydrogen-bond acceptors (Lipinski definition) is 2. The predicted molar refractivity (Wildman–Crippen MR) is 45.2 cm³/mol. The molecular weight excluding hydrogens is 132 g/mol. The van der Waals surface area contributed by atoms with Gasteiger partial charge in [-0.3, -0.25) is 4.99 Å². The highest BCUT2D eigenvalue weighted by atomic mass is 32.2. The van der Waals surface area contributed by atoms with Gasteiger partial charge in [0, 0.05) is 7.05 Å². The molecule has 0 fully saturated rings. The molecular formula is C6H14N2S. The van der Waals surface area contributed by atoms with Crippen LogP contribution in [0.4, 0.5) is 0 Å². The molecule has 0 aliphatic heterocycles. The average molecular weight is 146 g/mol. The molecule has 0 spiro atoms. The first-order valence-electron chi connectivity index (χ1n) is 3.10. The SMILES string of the molecule is CCCSCC(N)=NC. The van der Waals surface area contributed by atoms with Gasteiger partial charge in [0.05, 0.1) is 5.75 Å². The maximum Gasteiger partial charge on any atom is 0.103 e. The molecule has 0 amide bonds. The van der Waals surface area contributed by atoms with Crippen LogP contribution in [-0.2, 0) is 0 Å². The Balaban J connectivity index is 3.07. The van der Waals surface area contributed by atoms with E-state index in [9.17, 15) is 0 Å². The molecule has 0 unspecified atom stereocenters. The lowest BCUT2D eigenvalue weighted by Gasteiger charge is -1.96. The van der Waals surface area contributed by atoms with Gasteiger partial charge in [0.1, 0.15) is 5.84 Å². The van der Waals surface area contributed by atoms with Crippen molar-refractivity contribution in [1.82, 2.24) is 0 Å². The molecule has 0 saturated carbocycles. The van der Waals surface area contributed by atoms with Gasteiger partial charge in [-0.2, -0.15) is 11.8 Å². The molecule has 0 aromatic carbocycles. The van der Waals surface area contributed by atoms with Gasteiger partial charge in [-0.1, -0.05) is 6.92 Å². The topological polar surface area (TPSA) is 38.4 Å². The van der Waals surface area contributed by atoms with E-state index < -0.39 is 0 Å². The van der Waals surface area contributed by atoms with Crippen LogP contribution in [0.1, 0.15) is 13.3 Å². The summed E-state index contributed by atoms with van der Waals surface area (Å²) in [5, 5.41) is 0. The molecule has 2 N–H and O–H groups in total. The Bertz CT molecular complexity index is 91.1. The lowest BCUT2D eigenvalue weighted by atomic mass is 10.6. The monoisotopic (exact) mass is 146 g/mol. The summed E-state index contributed by atoms with van der Waals surface area (Å²) in [5.41, 5.74) is 5.44. The van der Waals surface area contributed by atoms with Gasteiger partial charge in [-0.15, -0.1) is 0 Å². The summed E-state index contributed by atoms with van der Waals surface area (Å²) in [4.78, 5) is 3.83. The Hall–Kier alpha value is -0.180. The summed E-state index contributed by atoms with van der Waals surface area (Å²) in [6.45, 7) is 2.16. The first kappa shape index (κ1) is 8.82. The van der Waals surface area contributed by atoms with Crippen molar-refractivity contribution in [3.05, 3.63) is 0 Å². The van der Waals surface area contributed by atoms with Gasteiger partial charge in [-0.25, -0.2) is 0 Å². The van der Waals surface area contributed by atoms with Crippen molar-refractivity contribution in [3.63, 3.8) is 0 Å². The normalized spacial score (nSPS) is 12.0. The Morgan fingerprint density at radius 3 is 2.78 bits per heavy atom. The zero-order chi connectivity index (χ0) is 7.11. The number of aliphatic imine (C=N–C) groups is 1. The van der Waals surface area contributed by atoms with Crippen molar-refractivity contribution >= 4 is 17.6 Å². The molecule has 0 radical (unpaired) electrons. The maximum atomic E-state index is 5.44. The summed E-state index contributed by atoms with van der Waals surface area (Å²) in [5.74, 6) is 2.80. The van der Waals surface area contributed by atoms with Crippen LogP contribution in [0.15, 0.2) is 4.99 Å². The van der Waals surface area contributed by atoms with Crippen LogP contribution in [0.2, 0.25) is 0 Å². The van der Waals surface area contributed by atoms with Crippen molar-refractivity contribution in [2.24, 2.45) is 10.7 Å². The number of rotatable bonds is 4.